The third-order valence-corrected chi connectivity index (χ3v) is 3.06. The highest BCUT2D eigenvalue weighted by atomic mass is 32.1. The number of carbonyl (C=O) groups is 1. The molecule has 0 unspecified atom stereocenters. The Kier molecular flexibility index (Phi) is 5.79. The van der Waals surface area contributed by atoms with Gasteiger partial charge in [0.2, 0.25) is 5.88 Å². The van der Waals surface area contributed by atoms with E-state index >= 15 is 0 Å². The molecular formula is C14H17N7O2S. The molecule has 0 aromatic carbocycles. The Morgan fingerprint density at radius 1 is 1.21 bits per heavy atom. The highest BCUT2D eigenvalue weighted by molar-refractivity contribution is 7.80. The van der Waals surface area contributed by atoms with Gasteiger partial charge in [0.1, 0.15) is 5.69 Å². The van der Waals surface area contributed by atoms with Crippen molar-refractivity contribution in [1.82, 2.24) is 25.8 Å². The second-order valence-electron chi connectivity index (χ2n) is 4.74. The van der Waals surface area contributed by atoms with Gasteiger partial charge in [-0.05, 0) is 24.4 Å². The van der Waals surface area contributed by atoms with Gasteiger partial charge in [0.05, 0.1) is 25.2 Å². The molecule has 0 aliphatic heterocycles. The summed E-state index contributed by atoms with van der Waals surface area (Å²) in [6, 6.07) is 3.71. The lowest BCUT2D eigenvalue weighted by Crippen LogP contribution is -2.44. The number of hydrogen-bond acceptors (Lipinski definition) is 7. The summed E-state index contributed by atoms with van der Waals surface area (Å²) >= 11 is 5.14. The zero-order chi connectivity index (χ0) is 17.5. The van der Waals surface area contributed by atoms with Gasteiger partial charge in [0.25, 0.3) is 5.91 Å². The number of rotatable bonds is 4. The van der Waals surface area contributed by atoms with Gasteiger partial charge >= 0.3 is 0 Å². The number of hydrazine groups is 1. The number of nitrogens with one attached hydrogen (secondary N) is 3. The Morgan fingerprint density at radius 2 is 2.00 bits per heavy atom. The summed E-state index contributed by atoms with van der Waals surface area (Å²) in [5.41, 5.74) is 5.99. The predicted molar refractivity (Wildman–Crippen MR) is 94.0 cm³/mol. The first-order chi connectivity index (χ1) is 11.5. The van der Waals surface area contributed by atoms with E-state index < -0.39 is 5.91 Å². The molecule has 2 aromatic heterocycles. The van der Waals surface area contributed by atoms with Crippen molar-refractivity contribution in [2.24, 2.45) is 0 Å². The number of nitrogens with zero attached hydrogens (tertiary/aromatic N) is 4. The van der Waals surface area contributed by atoms with Crippen LogP contribution < -0.4 is 25.8 Å². The van der Waals surface area contributed by atoms with Gasteiger partial charge in [0.15, 0.2) is 10.9 Å². The molecule has 0 radical (unpaired) electrons. The molecule has 0 fully saturated rings. The zero-order valence-electron chi connectivity index (χ0n) is 13.4. The lowest BCUT2D eigenvalue weighted by molar-refractivity contribution is 0.0938. The normalized spacial score (nSPS) is 9.79. The number of aromatic nitrogens is 3. The van der Waals surface area contributed by atoms with Crippen molar-refractivity contribution in [3.8, 4) is 5.88 Å². The van der Waals surface area contributed by atoms with Crippen LogP contribution in [-0.2, 0) is 0 Å². The van der Waals surface area contributed by atoms with Crippen LogP contribution in [0.15, 0.2) is 30.7 Å². The molecule has 2 heterocycles. The quantitative estimate of drug-likeness (QED) is 0.541. The maximum absolute atomic E-state index is 11.9. The van der Waals surface area contributed by atoms with E-state index in [1.165, 1.54) is 19.5 Å². The molecule has 0 atom stereocenters. The van der Waals surface area contributed by atoms with Crippen LogP contribution in [0.25, 0.3) is 0 Å². The average molecular weight is 347 g/mol. The van der Waals surface area contributed by atoms with Crippen LogP contribution in [0, 0.1) is 0 Å². The van der Waals surface area contributed by atoms with Crippen LogP contribution in [-0.4, -0.2) is 47.2 Å². The van der Waals surface area contributed by atoms with Gasteiger partial charge in [-0.15, -0.1) is 0 Å². The molecule has 24 heavy (non-hydrogen) atoms. The summed E-state index contributed by atoms with van der Waals surface area (Å²) in [5, 5.41) is 3.10. The van der Waals surface area contributed by atoms with E-state index in [1.54, 1.807) is 6.20 Å². The van der Waals surface area contributed by atoms with Crippen LogP contribution in [0.4, 0.5) is 11.5 Å². The molecule has 2 aromatic rings. The van der Waals surface area contributed by atoms with Gasteiger partial charge < -0.3 is 15.0 Å². The summed E-state index contributed by atoms with van der Waals surface area (Å²) in [7, 11) is 5.25. The van der Waals surface area contributed by atoms with Crippen LogP contribution in [0.2, 0.25) is 0 Å². The average Bonchev–Trinajstić information content (AvgIpc) is 2.60. The third-order valence-electron chi connectivity index (χ3n) is 2.86. The third kappa shape index (κ3) is 4.49. The number of carbonyl (C=O) groups excluding carboxylic acids is 1. The Morgan fingerprint density at radius 3 is 2.62 bits per heavy atom. The topological polar surface area (TPSA) is 104 Å². The predicted octanol–water partition coefficient (Wildman–Crippen LogP) is 0.578. The first-order valence-electron chi connectivity index (χ1n) is 6.87. The molecule has 126 valence electrons. The molecule has 2 rings (SSSR count). The van der Waals surface area contributed by atoms with Crippen LogP contribution in [0.5, 0.6) is 5.88 Å². The summed E-state index contributed by atoms with van der Waals surface area (Å²) < 4.78 is 4.88. The monoisotopic (exact) mass is 347 g/mol. The van der Waals surface area contributed by atoms with Gasteiger partial charge in [-0.1, -0.05) is 0 Å². The largest absolute Gasteiger partial charge is 0.480 e. The standard InChI is InChI=1S/C14H17N7O2S/c1-21(2)10-5-4-6-15-12(10)18-14(24)20-19-13(22)9-7-17-11(23-3)8-16-9/h4-8H,1-3H3,(H,19,22)(H2,15,18,20,24). The van der Waals surface area contributed by atoms with Gasteiger partial charge in [-0.3, -0.25) is 15.6 Å². The molecule has 0 aliphatic rings. The van der Waals surface area contributed by atoms with E-state index in [1.807, 2.05) is 31.1 Å². The van der Waals surface area contributed by atoms with Crippen molar-refractivity contribution in [2.45, 2.75) is 0 Å². The summed E-state index contributed by atoms with van der Waals surface area (Å²) in [5.74, 6) is 0.407. The molecule has 0 aliphatic carbocycles. The lowest BCUT2D eigenvalue weighted by atomic mass is 10.3. The molecular weight excluding hydrogens is 330 g/mol. The summed E-state index contributed by atoms with van der Waals surface area (Å²) in [6.45, 7) is 0. The van der Waals surface area contributed by atoms with E-state index in [0.29, 0.717) is 11.7 Å². The number of amides is 1. The van der Waals surface area contributed by atoms with Gasteiger partial charge in [-0.25, -0.2) is 15.0 Å². The fourth-order valence-electron chi connectivity index (χ4n) is 1.71. The number of hydrogen-bond donors (Lipinski definition) is 3. The van der Waals surface area contributed by atoms with E-state index in [2.05, 4.69) is 31.1 Å². The Bertz CT molecular complexity index is 721. The Hall–Kier alpha value is -3.01. The second-order valence-corrected chi connectivity index (χ2v) is 5.15. The molecule has 9 nitrogen and oxygen atoms in total. The van der Waals surface area contributed by atoms with Crippen molar-refractivity contribution < 1.29 is 9.53 Å². The lowest BCUT2D eigenvalue weighted by Gasteiger charge is -2.18. The molecule has 0 bridgehead atoms. The van der Waals surface area contributed by atoms with E-state index in [9.17, 15) is 4.79 Å². The number of ether oxygens (including phenoxy) is 1. The van der Waals surface area contributed by atoms with Gasteiger partial charge in [0, 0.05) is 20.3 Å². The highest BCUT2D eigenvalue weighted by Gasteiger charge is 2.10. The number of pyridine rings is 1. The molecule has 0 saturated carbocycles. The molecule has 3 N–H and O–H groups in total. The summed E-state index contributed by atoms with van der Waals surface area (Å²) in [4.78, 5) is 25.9. The molecule has 1 amide bonds. The fraction of sp³-hybridized carbons (Fsp3) is 0.214. The number of thiocarbonyl (C=S) groups is 1. The maximum atomic E-state index is 11.9. The van der Waals surface area contributed by atoms with Crippen molar-refractivity contribution in [3.05, 3.63) is 36.4 Å². The Balaban J connectivity index is 1.92. The highest BCUT2D eigenvalue weighted by Crippen LogP contribution is 2.20. The Labute approximate surface area is 144 Å². The first-order valence-corrected chi connectivity index (χ1v) is 7.28. The van der Waals surface area contributed by atoms with E-state index in [0.717, 1.165) is 5.69 Å². The minimum Gasteiger partial charge on any atom is -0.480 e. The minimum atomic E-state index is -0.483. The number of anilines is 2. The van der Waals surface area contributed by atoms with Crippen molar-refractivity contribution in [1.29, 1.82) is 0 Å². The van der Waals surface area contributed by atoms with Gasteiger partial charge in [-0.2, -0.15) is 0 Å². The minimum absolute atomic E-state index is 0.123. The number of methoxy groups -OCH3 is 1. The van der Waals surface area contributed by atoms with Crippen LogP contribution >= 0.6 is 12.2 Å². The maximum Gasteiger partial charge on any atom is 0.289 e. The summed E-state index contributed by atoms with van der Waals surface area (Å²) in [6.07, 6.45) is 4.29. The van der Waals surface area contributed by atoms with Crippen molar-refractivity contribution in [2.75, 3.05) is 31.4 Å². The molecule has 0 spiro atoms. The molecule has 0 saturated heterocycles. The SMILES string of the molecule is COc1cnc(C(=O)NNC(=S)Nc2ncccc2N(C)C)cn1. The fourth-order valence-corrected chi connectivity index (χ4v) is 1.86. The van der Waals surface area contributed by atoms with Crippen LogP contribution in [0.3, 0.4) is 0 Å². The molecule has 10 heteroatoms. The first kappa shape index (κ1) is 17.3. The van der Waals surface area contributed by atoms with E-state index in [-0.39, 0.29) is 10.8 Å². The zero-order valence-corrected chi connectivity index (χ0v) is 14.2. The van der Waals surface area contributed by atoms with Crippen LogP contribution in [0.1, 0.15) is 10.5 Å². The smallest absolute Gasteiger partial charge is 0.289 e. The second kappa shape index (κ2) is 8.02. The van der Waals surface area contributed by atoms with E-state index in [4.69, 9.17) is 17.0 Å². The van der Waals surface area contributed by atoms with Crippen molar-refractivity contribution >= 4 is 34.7 Å². The van der Waals surface area contributed by atoms with Crippen molar-refractivity contribution in [3.63, 3.8) is 0 Å².